The summed E-state index contributed by atoms with van der Waals surface area (Å²) in [5.74, 6) is 0. The van der Waals surface area contributed by atoms with Gasteiger partial charge in [0.05, 0.1) is 15.1 Å². The molecular formula is C6HBrCl3NO. The summed E-state index contributed by atoms with van der Waals surface area (Å²) in [6, 6.07) is 0. The van der Waals surface area contributed by atoms with E-state index in [9.17, 15) is 4.79 Å². The van der Waals surface area contributed by atoms with Gasteiger partial charge in [0.2, 0.25) is 0 Å². The normalized spacial score (nSPS) is 10.0. The molecule has 0 unspecified atom stereocenters. The molecule has 0 radical (unpaired) electrons. The molecule has 2 nitrogen and oxygen atoms in total. The van der Waals surface area contributed by atoms with Crippen molar-refractivity contribution in [2.45, 2.75) is 0 Å². The van der Waals surface area contributed by atoms with Crippen LogP contribution in [0, 0.1) is 0 Å². The van der Waals surface area contributed by atoms with E-state index in [2.05, 4.69) is 20.9 Å². The third-order valence-electron chi connectivity index (χ3n) is 1.15. The molecule has 0 aliphatic rings. The number of halogens is 4. The molecule has 0 aliphatic carbocycles. The van der Waals surface area contributed by atoms with Gasteiger partial charge in [0.15, 0.2) is 6.29 Å². The summed E-state index contributed by atoms with van der Waals surface area (Å²) in [6.07, 6.45) is 0.527. The number of carbonyl (C=O) groups excluding carboxylic acids is 1. The zero-order chi connectivity index (χ0) is 9.30. The number of nitrogens with zero attached hydrogens (tertiary/aromatic N) is 1. The quantitative estimate of drug-likeness (QED) is 0.584. The molecule has 0 spiro atoms. The van der Waals surface area contributed by atoms with Crippen molar-refractivity contribution in [2.24, 2.45) is 0 Å². The Morgan fingerprint density at radius 2 is 1.83 bits per heavy atom. The van der Waals surface area contributed by atoms with E-state index in [1.807, 2.05) is 0 Å². The number of carbonyl (C=O) groups is 1. The zero-order valence-corrected chi connectivity index (χ0v) is 9.30. The topological polar surface area (TPSA) is 30.0 Å². The molecule has 1 aromatic rings. The molecule has 12 heavy (non-hydrogen) atoms. The van der Waals surface area contributed by atoms with Gasteiger partial charge in [0.25, 0.3) is 0 Å². The Kier molecular flexibility index (Phi) is 3.35. The van der Waals surface area contributed by atoms with E-state index < -0.39 is 0 Å². The van der Waals surface area contributed by atoms with Crippen LogP contribution in [-0.4, -0.2) is 11.3 Å². The highest BCUT2D eigenvalue weighted by atomic mass is 79.9. The largest absolute Gasteiger partial charge is 0.298 e. The lowest BCUT2D eigenvalue weighted by Crippen LogP contribution is -1.90. The van der Waals surface area contributed by atoms with Gasteiger partial charge in [-0.2, -0.15) is 0 Å². The third-order valence-corrected chi connectivity index (χ3v) is 3.33. The van der Waals surface area contributed by atoms with Gasteiger partial charge in [-0.25, -0.2) is 4.98 Å². The minimum absolute atomic E-state index is 0.00296. The summed E-state index contributed by atoms with van der Waals surface area (Å²) in [7, 11) is 0. The number of hydrogen-bond donors (Lipinski definition) is 0. The highest BCUT2D eigenvalue weighted by molar-refractivity contribution is 9.10. The van der Waals surface area contributed by atoms with Gasteiger partial charge < -0.3 is 0 Å². The Bertz CT molecular complexity index is 342. The summed E-state index contributed by atoms with van der Waals surface area (Å²) in [5, 5.41) is 0.314. The third kappa shape index (κ3) is 1.74. The first-order valence-electron chi connectivity index (χ1n) is 2.73. The van der Waals surface area contributed by atoms with Gasteiger partial charge in [-0.15, -0.1) is 0 Å². The van der Waals surface area contributed by atoms with Crippen LogP contribution in [0.3, 0.4) is 0 Å². The molecule has 64 valence electrons. The lowest BCUT2D eigenvalue weighted by atomic mass is 10.3. The molecule has 0 saturated heterocycles. The van der Waals surface area contributed by atoms with Crippen LogP contribution in [0.2, 0.25) is 15.3 Å². The summed E-state index contributed by atoms with van der Waals surface area (Å²) < 4.78 is 0.373. The molecule has 0 saturated carbocycles. The van der Waals surface area contributed by atoms with Crippen LogP contribution in [0.15, 0.2) is 4.47 Å². The average molecular weight is 289 g/mol. The van der Waals surface area contributed by atoms with Gasteiger partial charge in [-0.3, -0.25) is 4.79 Å². The number of rotatable bonds is 1. The Morgan fingerprint density at radius 3 is 2.33 bits per heavy atom. The van der Waals surface area contributed by atoms with E-state index in [0.29, 0.717) is 10.8 Å². The molecule has 6 heteroatoms. The molecule has 1 rings (SSSR count). The highest BCUT2D eigenvalue weighted by Crippen LogP contribution is 2.34. The SMILES string of the molecule is O=Cc1c(Cl)nc(Cl)c(Br)c1Cl. The molecule has 0 atom stereocenters. The predicted molar refractivity (Wildman–Crippen MR) is 52.4 cm³/mol. The second-order valence-corrected chi connectivity index (χ2v) is 3.74. The van der Waals surface area contributed by atoms with Crippen molar-refractivity contribution in [3.8, 4) is 0 Å². The fourth-order valence-electron chi connectivity index (χ4n) is 0.595. The summed E-state index contributed by atoms with van der Waals surface area (Å²) in [5.41, 5.74) is 0.134. The Hall–Kier alpha value is 0.170. The molecular weight excluding hydrogens is 288 g/mol. The van der Waals surface area contributed by atoms with Gasteiger partial charge in [-0.1, -0.05) is 34.8 Å². The lowest BCUT2D eigenvalue weighted by Gasteiger charge is -2.02. The Balaban J connectivity index is 3.51. The lowest BCUT2D eigenvalue weighted by molar-refractivity contribution is 0.112. The molecule has 0 aromatic carbocycles. The smallest absolute Gasteiger partial charge is 0.154 e. The minimum atomic E-state index is 0.00296. The van der Waals surface area contributed by atoms with Crippen LogP contribution < -0.4 is 0 Å². The first kappa shape index (κ1) is 10.3. The van der Waals surface area contributed by atoms with Gasteiger partial charge in [0.1, 0.15) is 10.3 Å². The fraction of sp³-hybridized carbons (Fsp3) is 0. The van der Waals surface area contributed by atoms with Crippen molar-refractivity contribution in [1.29, 1.82) is 0 Å². The molecule has 1 aromatic heterocycles. The van der Waals surface area contributed by atoms with Crippen LogP contribution in [0.1, 0.15) is 10.4 Å². The van der Waals surface area contributed by atoms with Crippen LogP contribution in [-0.2, 0) is 0 Å². The van der Waals surface area contributed by atoms with Crippen molar-refractivity contribution in [1.82, 2.24) is 4.98 Å². The van der Waals surface area contributed by atoms with E-state index in [1.165, 1.54) is 0 Å². The highest BCUT2D eigenvalue weighted by Gasteiger charge is 2.13. The number of aromatic nitrogens is 1. The van der Waals surface area contributed by atoms with Gasteiger partial charge in [0, 0.05) is 0 Å². The first-order valence-corrected chi connectivity index (χ1v) is 4.65. The van der Waals surface area contributed by atoms with E-state index in [1.54, 1.807) is 0 Å². The van der Waals surface area contributed by atoms with Gasteiger partial charge >= 0.3 is 0 Å². The molecule has 0 fully saturated rings. The van der Waals surface area contributed by atoms with E-state index in [-0.39, 0.29) is 20.9 Å². The predicted octanol–water partition coefficient (Wildman–Crippen LogP) is 3.62. The minimum Gasteiger partial charge on any atom is -0.298 e. The first-order chi connectivity index (χ1) is 5.57. The molecule has 0 bridgehead atoms. The molecule has 0 aliphatic heterocycles. The van der Waals surface area contributed by atoms with E-state index in [4.69, 9.17) is 34.8 Å². The maximum Gasteiger partial charge on any atom is 0.154 e. The number of aldehydes is 1. The van der Waals surface area contributed by atoms with Crippen molar-refractivity contribution >= 4 is 57.0 Å². The van der Waals surface area contributed by atoms with Crippen molar-refractivity contribution < 1.29 is 4.79 Å². The Labute approximate surface area is 92.0 Å². The number of hydrogen-bond acceptors (Lipinski definition) is 2. The fourth-order valence-corrected chi connectivity index (χ4v) is 1.66. The molecule has 0 amide bonds. The maximum atomic E-state index is 10.4. The van der Waals surface area contributed by atoms with E-state index in [0.717, 1.165) is 0 Å². The average Bonchev–Trinajstić information content (AvgIpc) is 2.01. The van der Waals surface area contributed by atoms with E-state index >= 15 is 0 Å². The van der Waals surface area contributed by atoms with Crippen LogP contribution in [0.5, 0.6) is 0 Å². The van der Waals surface area contributed by atoms with Gasteiger partial charge in [-0.05, 0) is 15.9 Å². The second-order valence-electron chi connectivity index (χ2n) is 1.85. The molecule has 0 N–H and O–H groups in total. The maximum absolute atomic E-state index is 10.4. The second kappa shape index (κ2) is 3.92. The van der Waals surface area contributed by atoms with Crippen molar-refractivity contribution in [3.63, 3.8) is 0 Å². The van der Waals surface area contributed by atoms with Crippen molar-refractivity contribution in [3.05, 3.63) is 25.4 Å². The standard InChI is InChI=1S/C6HBrCl3NO/c7-3-4(8)2(1-12)5(9)11-6(3)10/h1H. The van der Waals surface area contributed by atoms with Crippen LogP contribution in [0.4, 0.5) is 0 Å². The summed E-state index contributed by atoms with van der Waals surface area (Å²) >= 11 is 20.0. The van der Waals surface area contributed by atoms with Crippen LogP contribution in [0.25, 0.3) is 0 Å². The van der Waals surface area contributed by atoms with Crippen LogP contribution >= 0.6 is 50.7 Å². The molecule has 1 heterocycles. The summed E-state index contributed by atoms with van der Waals surface area (Å²) in [6.45, 7) is 0. The monoisotopic (exact) mass is 287 g/mol. The summed E-state index contributed by atoms with van der Waals surface area (Å²) in [4.78, 5) is 14.1. The Morgan fingerprint density at radius 1 is 1.25 bits per heavy atom. The number of pyridine rings is 1. The van der Waals surface area contributed by atoms with Crippen molar-refractivity contribution in [2.75, 3.05) is 0 Å². The zero-order valence-electron chi connectivity index (χ0n) is 5.44.